The van der Waals surface area contributed by atoms with Crippen molar-refractivity contribution in [3.63, 3.8) is 0 Å². The van der Waals surface area contributed by atoms with Crippen LogP contribution in [0.15, 0.2) is 30.3 Å². The summed E-state index contributed by atoms with van der Waals surface area (Å²) in [5.41, 5.74) is 1.04. The van der Waals surface area contributed by atoms with Crippen LogP contribution >= 0.6 is 0 Å². The monoisotopic (exact) mass is 217 g/mol. The normalized spacial score (nSPS) is 34.9. The second kappa shape index (κ2) is 4.19. The largest absolute Gasteiger partial charge is 0.387 e. The molecule has 0 spiro atoms. The summed E-state index contributed by atoms with van der Waals surface area (Å²) in [5.74, 6) is 0.809. The zero-order valence-corrected chi connectivity index (χ0v) is 9.47. The van der Waals surface area contributed by atoms with Crippen LogP contribution in [-0.2, 0) is 0 Å². The zero-order valence-electron chi connectivity index (χ0n) is 9.47. The average Bonchev–Trinajstić information content (AvgIpc) is 2.89. The molecule has 2 fully saturated rings. The fourth-order valence-electron chi connectivity index (χ4n) is 3.31. The number of hydrogen-bond acceptors (Lipinski definition) is 2. The quantitative estimate of drug-likeness (QED) is 0.796. The van der Waals surface area contributed by atoms with Crippen molar-refractivity contribution >= 4 is 0 Å². The molecule has 0 unspecified atom stereocenters. The van der Waals surface area contributed by atoms with Gasteiger partial charge in [-0.3, -0.25) is 0 Å². The Kier molecular flexibility index (Phi) is 2.70. The van der Waals surface area contributed by atoms with E-state index in [4.69, 9.17) is 0 Å². The van der Waals surface area contributed by atoms with Crippen molar-refractivity contribution in [3.05, 3.63) is 35.9 Å². The van der Waals surface area contributed by atoms with E-state index < -0.39 is 0 Å². The van der Waals surface area contributed by atoms with E-state index in [1.807, 2.05) is 30.3 Å². The molecule has 1 aromatic carbocycles. The first-order valence-electron chi connectivity index (χ1n) is 6.33. The molecule has 0 amide bonds. The number of aliphatic hydroxyl groups excluding tert-OH is 1. The minimum atomic E-state index is -0.341. The number of nitrogens with one attached hydrogen (secondary N) is 1. The fraction of sp³-hybridized carbons (Fsp3) is 0.571. The van der Waals surface area contributed by atoms with Crippen molar-refractivity contribution in [1.82, 2.24) is 5.32 Å². The molecule has 1 saturated carbocycles. The molecule has 16 heavy (non-hydrogen) atoms. The number of benzene rings is 1. The predicted molar refractivity (Wildman–Crippen MR) is 64.1 cm³/mol. The molecule has 2 heteroatoms. The van der Waals surface area contributed by atoms with Gasteiger partial charge in [-0.05, 0) is 30.7 Å². The molecule has 86 valence electrons. The van der Waals surface area contributed by atoms with Crippen LogP contribution in [0.4, 0.5) is 0 Å². The summed E-state index contributed by atoms with van der Waals surface area (Å²) in [6.45, 7) is 0. The molecule has 0 aromatic heterocycles. The third kappa shape index (κ3) is 1.76. The van der Waals surface area contributed by atoms with Crippen LogP contribution in [0.3, 0.4) is 0 Å². The van der Waals surface area contributed by atoms with Gasteiger partial charge in [-0.15, -0.1) is 0 Å². The predicted octanol–water partition coefficient (Wildman–Crippen LogP) is 2.25. The molecule has 1 saturated heterocycles. The average molecular weight is 217 g/mol. The Morgan fingerprint density at radius 3 is 2.75 bits per heavy atom. The molecule has 2 aliphatic rings. The highest BCUT2D eigenvalue weighted by Gasteiger charge is 2.39. The van der Waals surface area contributed by atoms with Crippen LogP contribution < -0.4 is 5.32 Å². The zero-order chi connectivity index (χ0) is 11.0. The van der Waals surface area contributed by atoms with Crippen molar-refractivity contribution in [1.29, 1.82) is 0 Å². The van der Waals surface area contributed by atoms with Crippen LogP contribution in [0.5, 0.6) is 0 Å². The summed E-state index contributed by atoms with van der Waals surface area (Å²) in [7, 11) is 0. The minimum Gasteiger partial charge on any atom is -0.387 e. The van der Waals surface area contributed by atoms with E-state index in [1.54, 1.807) is 0 Å². The Morgan fingerprint density at radius 1 is 1.19 bits per heavy atom. The molecule has 4 atom stereocenters. The van der Waals surface area contributed by atoms with E-state index >= 15 is 0 Å². The van der Waals surface area contributed by atoms with Gasteiger partial charge >= 0.3 is 0 Å². The van der Waals surface area contributed by atoms with Crippen LogP contribution in [0.2, 0.25) is 0 Å². The Hall–Kier alpha value is -0.860. The van der Waals surface area contributed by atoms with Crippen molar-refractivity contribution in [2.75, 3.05) is 0 Å². The smallest absolute Gasteiger partial charge is 0.0943 e. The molecule has 1 aromatic rings. The fourth-order valence-corrected chi connectivity index (χ4v) is 3.31. The van der Waals surface area contributed by atoms with Gasteiger partial charge in [-0.2, -0.15) is 0 Å². The molecular formula is C14H19NO. The molecule has 1 aliphatic heterocycles. The van der Waals surface area contributed by atoms with Crippen LogP contribution in [-0.4, -0.2) is 17.2 Å². The van der Waals surface area contributed by atoms with Crippen molar-refractivity contribution in [3.8, 4) is 0 Å². The van der Waals surface area contributed by atoms with Gasteiger partial charge < -0.3 is 10.4 Å². The molecule has 2 nitrogen and oxygen atoms in total. The van der Waals surface area contributed by atoms with E-state index in [0.717, 1.165) is 17.9 Å². The lowest BCUT2D eigenvalue weighted by Gasteiger charge is -2.20. The van der Waals surface area contributed by atoms with Gasteiger partial charge in [0, 0.05) is 12.1 Å². The summed E-state index contributed by atoms with van der Waals surface area (Å²) >= 11 is 0. The second-order valence-electron chi connectivity index (χ2n) is 5.16. The standard InChI is InChI=1S/C14H19NO/c16-14(10-5-2-1-3-6-10)13-9-11-7-4-8-12(11)15-13/h1-3,5-6,11-16H,4,7-9H2/t11-,12-,13-,14+/m0/s1. The van der Waals surface area contributed by atoms with E-state index in [1.165, 1.54) is 19.3 Å². The highest BCUT2D eigenvalue weighted by molar-refractivity contribution is 5.19. The van der Waals surface area contributed by atoms with Crippen LogP contribution in [0.1, 0.15) is 37.4 Å². The third-order valence-electron chi connectivity index (χ3n) is 4.17. The number of hydrogen-bond donors (Lipinski definition) is 2. The lowest BCUT2D eigenvalue weighted by atomic mass is 9.96. The molecule has 1 heterocycles. The molecule has 2 N–H and O–H groups in total. The lowest BCUT2D eigenvalue weighted by Crippen LogP contribution is -2.33. The Labute approximate surface area is 96.7 Å². The Balaban J connectivity index is 1.71. The minimum absolute atomic E-state index is 0.262. The lowest BCUT2D eigenvalue weighted by molar-refractivity contribution is 0.133. The van der Waals surface area contributed by atoms with Crippen molar-refractivity contribution in [2.24, 2.45) is 5.92 Å². The number of fused-ring (bicyclic) bond motifs is 1. The van der Waals surface area contributed by atoms with E-state index in [9.17, 15) is 5.11 Å². The highest BCUT2D eigenvalue weighted by atomic mass is 16.3. The van der Waals surface area contributed by atoms with Gasteiger partial charge in [0.25, 0.3) is 0 Å². The van der Waals surface area contributed by atoms with Crippen molar-refractivity contribution in [2.45, 2.75) is 43.9 Å². The van der Waals surface area contributed by atoms with Gasteiger partial charge in [0.05, 0.1) is 6.10 Å². The summed E-state index contributed by atoms with van der Waals surface area (Å²) in [5, 5.41) is 13.9. The van der Waals surface area contributed by atoms with Gasteiger partial charge in [0.2, 0.25) is 0 Å². The highest BCUT2D eigenvalue weighted by Crippen LogP contribution is 2.38. The summed E-state index contributed by atoms with van der Waals surface area (Å²) < 4.78 is 0. The van der Waals surface area contributed by atoms with Gasteiger partial charge in [-0.1, -0.05) is 36.8 Å². The van der Waals surface area contributed by atoms with Gasteiger partial charge in [0.15, 0.2) is 0 Å². The maximum Gasteiger partial charge on any atom is 0.0943 e. The Bertz CT molecular complexity index is 339. The first-order valence-corrected chi connectivity index (χ1v) is 6.33. The molecule has 0 bridgehead atoms. The van der Waals surface area contributed by atoms with Crippen LogP contribution in [0.25, 0.3) is 0 Å². The van der Waals surface area contributed by atoms with Gasteiger partial charge in [0.1, 0.15) is 0 Å². The van der Waals surface area contributed by atoms with E-state index in [2.05, 4.69) is 5.32 Å². The SMILES string of the molecule is O[C@H](c1ccccc1)[C@@H]1C[C@@H]2CCC[C@@H]2N1. The maximum absolute atomic E-state index is 10.3. The molecule has 3 rings (SSSR count). The molecule has 0 radical (unpaired) electrons. The Morgan fingerprint density at radius 2 is 2.00 bits per heavy atom. The van der Waals surface area contributed by atoms with E-state index in [-0.39, 0.29) is 12.1 Å². The molecular weight excluding hydrogens is 198 g/mol. The number of aliphatic hydroxyl groups is 1. The van der Waals surface area contributed by atoms with Crippen molar-refractivity contribution < 1.29 is 5.11 Å². The topological polar surface area (TPSA) is 32.3 Å². The van der Waals surface area contributed by atoms with E-state index in [0.29, 0.717) is 6.04 Å². The first kappa shape index (κ1) is 10.3. The van der Waals surface area contributed by atoms with Gasteiger partial charge in [-0.25, -0.2) is 0 Å². The summed E-state index contributed by atoms with van der Waals surface area (Å²) in [4.78, 5) is 0. The second-order valence-corrected chi connectivity index (χ2v) is 5.16. The first-order chi connectivity index (χ1) is 7.84. The number of rotatable bonds is 2. The summed E-state index contributed by atoms with van der Waals surface area (Å²) in [6, 6.07) is 10.9. The maximum atomic E-state index is 10.3. The van der Waals surface area contributed by atoms with Crippen LogP contribution in [0, 0.1) is 5.92 Å². The third-order valence-corrected chi connectivity index (χ3v) is 4.17. The molecule has 1 aliphatic carbocycles. The summed E-state index contributed by atoms with van der Waals surface area (Å²) in [6.07, 6.45) is 4.79.